The number of carboxylic acids is 1. The molecule has 0 amide bonds. The quantitative estimate of drug-likeness (QED) is 0.391. The van der Waals surface area contributed by atoms with E-state index in [1.54, 1.807) is 12.3 Å². The lowest BCUT2D eigenvalue weighted by Gasteiger charge is -2.15. The van der Waals surface area contributed by atoms with Crippen LogP contribution in [0.2, 0.25) is 5.02 Å². The highest BCUT2D eigenvalue weighted by Gasteiger charge is 2.14. The van der Waals surface area contributed by atoms with E-state index >= 15 is 0 Å². The second-order valence-electron chi connectivity index (χ2n) is 7.74. The zero-order chi connectivity index (χ0) is 22.4. The number of aliphatic carboxylic acids is 1. The summed E-state index contributed by atoms with van der Waals surface area (Å²) in [5.41, 5.74) is 2.58. The van der Waals surface area contributed by atoms with Gasteiger partial charge in [0.1, 0.15) is 17.4 Å². The van der Waals surface area contributed by atoms with Crippen molar-refractivity contribution >= 4 is 17.6 Å². The van der Waals surface area contributed by atoms with Crippen LogP contribution in [0, 0.1) is 18.7 Å². The number of rotatable bonds is 10. The van der Waals surface area contributed by atoms with E-state index in [4.69, 9.17) is 21.4 Å². The monoisotopic (exact) mass is 444 g/mol. The minimum absolute atomic E-state index is 0.0787. The predicted octanol–water partition coefficient (Wildman–Crippen LogP) is 5.97. The average Bonchev–Trinajstić information content (AvgIpc) is 3.08. The van der Waals surface area contributed by atoms with Crippen LogP contribution in [-0.2, 0) is 11.3 Å². The SMILES string of the molecule is Cc1cnc(-c2ccc(Cl)c(F)c2)n1Cc1ccccc1OCCC[C@@H](C)CC(=O)O. The molecule has 164 valence electrons. The largest absolute Gasteiger partial charge is 0.493 e. The van der Waals surface area contributed by atoms with Crippen LogP contribution in [0.25, 0.3) is 11.4 Å². The topological polar surface area (TPSA) is 64.4 Å². The molecule has 3 rings (SSSR count). The summed E-state index contributed by atoms with van der Waals surface area (Å²) in [4.78, 5) is 15.3. The summed E-state index contributed by atoms with van der Waals surface area (Å²) in [5, 5.41) is 8.95. The molecule has 1 atom stereocenters. The fraction of sp³-hybridized carbons (Fsp3) is 0.333. The lowest BCUT2D eigenvalue weighted by Crippen LogP contribution is -2.09. The smallest absolute Gasteiger partial charge is 0.303 e. The van der Waals surface area contributed by atoms with Gasteiger partial charge in [0.2, 0.25) is 0 Å². The van der Waals surface area contributed by atoms with Gasteiger partial charge in [-0.3, -0.25) is 4.79 Å². The molecular weight excluding hydrogens is 419 g/mol. The van der Waals surface area contributed by atoms with Crippen LogP contribution in [0.3, 0.4) is 0 Å². The molecule has 3 aromatic rings. The summed E-state index contributed by atoms with van der Waals surface area (Å²) in [6.07, 6.45) is 3.50. The van der Waals surface area contributed by atoms with Crippen molar-refractivity contribution in [2.24, 2.45) is 5.92 Å². The minimum Gasteiger partial charge on any atom is -0.493 e. The summed E-state index contributed by atoms with van der Waals surface area (Å²) in [7, 11) is 0. The first-order chi connectivity index (χ1) is 14.8. The van der Waals surface area contributed by atoms with E-state index < -0.39 is 11.8 Å². The Labute approximate surface area is 186 Å². The summed E-state index contributed by atoms with van der Waals surface area (Å²) in [6.45, 7) is 4.93. The van der Waals surface area contributed by atoms with Gasteiger partial charge in [0.25, 0.3) is 0 Å². The van der Waals surface area contributed by atoms with Crippen LogP contribution in [0.15, 0.2) is 48.7 Å². The molecule has 2 aromatic carbocycles. The highest BCUT2D eigenvalue weighted by Crippen LogP contribution is 2.27. The fourth-order valence-electron chi connectivity index (χ4n) is 3.49. The lowest BCUT2D eigenvalue weighted by molar-refractivity contribution is -0.138. The van der Waals surface area contributed by atoms with Crippen molar-refractivity contribution in [2.45, 2.75) is 39.7 Å². The molecule has 0 aliphatic heterocycles. The number of carbonyl (C=O) groups is 1. The molecule has 0 saturated heterocycles. The first-order valence-electron chi connectivity index (χ1n) is 10.2. The van der Waals surface area contributed by atoms with E-state index in [1.165, 1.54) is 12.1 Å². The van der Waals surface area contributed by atoms with Crippen molar-refractivity contribution in [3.8, 4) is 17.1 Å². The Balaban J connectivity index is 1.72. The maximum atomic E-state index is 14.0. The van der Waals surface area contributed by atoms with E-state index in [0.717, 1.165) is 29.8 Å². The van der Waals surface area contributed by atoms with Gasteiger partial charge in [-0.25, -0.2) is 9.37 Å². The Bertz CT molecular complexity index is 1050. The molecule has 0 radical (unpaired) electrons. The van der Waals surface area contributed by atoms with Crippen LogP contribution in [-0.4, -0.2) is 27.2 Å². The highest BCUT2D eigenvalue weighted by atomic mass is 35.5. The molecule has 0 aliphatic rings. The van der Waals surface area contributed by atoms with Gasteiger partial charge in [-0.05, 0) is 49.9 Å². The van der Waals surface area contributed by atoms with Crippen LogP contribution in [0.1, 0.15) is 37.4 Å². The van der Waals surface area contributed by atoms with Gasteiger partial charge >= 0.3 is 5.97 Å². The summed E-state index contributed by atoms with van der Waals surface area (Å²) in [5.74, 6) is 0.297. The standard InChI is InChI=1S/C24H26ClFN2O3/c1-16(12-23(29)30)6-5-11-31-22-8-4-3-7-19(22)15-28-17(2)14-27-24(28)18-9-10-20(25)21(26)13-18/h3-4,7-10,13-14,16H,5-6,11-12,15H2,1-2H3,(H,29,30)/t16-/m1/s1. The van der Waals surface area contributed by atoms with Crippen LogP contribution >= 0.6 is 11.6 Å². The molecule has 1 heterocycles. The first kappa shape index (κ1) is 22.8. The Morgan fingerprint density at radius 1 is 1.29 bits per heavy atom. The molecule has 1 aromatic heterocycles. The number of carboxylic acid groups (broad SMARTS) is 1. The van der Waals surface area contributed by atoms with Crippen molar-refractivity contribution in [1.29, 1.82) is 0 Å². The van der Waals surface area contributed by atoms with Gasteiger partial charge in [-0.15, -0.1) is 0 Å². The Hall–Kier alpha value is -2.86. The number of hydrogen-bond acceptors (Lipinski definition) is 3. The third kappa shape index (κ3) is 6.07. The maximum absolute atomic E-state index is 14.0. The molecule has 31 heavy (non-hydrogen) atoms. The van der Waals surface area contributed by atoms with E-state index in [0.29, 0.717) is 24.5 Å². The summed E-state index contributed by atoms with van der Waals surface area (Å²) < 4.78 is 22.0. The molecule has 0 spiro atoms. The van der Waals surface area contributed by atoms with E-state index in [1.807, 2.05) is 42.7 Å². The average molecular weight is 445 g/mol. The van der Waals surface area contributed by atoms with Gasteiger partial charge < -0.3 is 14.4 Å². The molecule has 0 aliphatic carbocycles. The Kier molecular flexibility index (Phi) is 7.69. The van der Waals surface area contributed by atoms with Crippen LogP contribution in [0.5, 0.6) is 5.75 Å². The number of benzene rings is 2. The second kappa shape index (κ2) is 10.4. The zero-order valence-electron chi connectivity index (χ0n) is 17.6. The van der Waals surface area contributed by atoms with Crippen molar-refractivity contribution < 1.29 is 19.0 Å². The molecular formula is C24H26ClFN2O3. The van der Waals surface area contributed by atoms with Crippen molar-refractivity contribution in [2.75, 3.05) is 6.61 Å². The third-order valence-electron chi connectivity index (χ3n) is 5.16. The molecule has 5 nitrogen and oxygen atoms in total. The molecule has 0 saturated carbocycles. The van der Waals surface area contributed by atoms with E-state index in [-0.39, 0.29) is 17.4 Å². The second-order valence-corrected chi connectivity index (χ2v) is 8.15. The van der Waals surface area contributed by atoms with Crippen molar-refractivity contribution in [3.05, 3.63) is 70.8 Å². The maximum Gasteiger partial charge on any atom is 0.303 e. The number of halogens is 2. The lowest BCUT2D eigenvalue weighted by atomic mass is 10.0. The normalized spacial score (nSPS) is 12.0. The summed E-state index contributed by atoms with van der Waals surface area (Å²) >= 11 is 5.82. The van der Waals surface area contributed by atoms with Crippen molar-refractivity contribution in [1.82, 2.24) is 9.55 Å². The minimum atomic E-state index is -0.772. The first-order valence-corrected chi connectivity index (χ1v) is 10.6. The third-order valence-corrected chi connectivity index (χ3v) is 5.46. The number of nitrogens with zero attached hydrogens (tertiary/aromatic N) is 2. The highest BCUT2D eigenvalue weighted by molar-refractivity contribution is 6.30. The number of aromatic nitrogens is 2. The Morgan fingerprint density at radius 2 is 2.06 bits per heavy atom. The number of para-hydroxylation sites is 1. The number of aryl methyl sites for hydroxylation is 1. The number of hydrogen-bond donors (Lipinski definition) is 1. The van der Waals surface area contributed by atoms with E-state index in [2.05, 4.69) is 4.98 Å². The molecule has 0 fully saturated rings. The Morgan fingerprint density at radius 3 is 2.81 bits per heavy atom. The fourth-order valence-corrected chi connectivity index (χ4v) is 3.60. The number of ether oxygens (including phenoxy) is 1. The molecule has 1 N–H and O–H groups in total. The molecule has 0 bridgehead atoms. The van der Waals surface area contributed by atoms with Gasteiger partial charge in [0, 0.05) is 29.4 Å². The van der Waals surface area contributed by atoms with Gasteiger partial charge in [-0.2, -0.15) is 0 Å². The number of imidazole rings is 1. The van der Waals surface area contributed by atoms with Crippen LogP contribution < -0.4 is 4.74 Å². The van der Waals surface area contributed by atoms with Crippen molar-refractivity contribution in [3.63, 3.8) is 0 Å². The van der Waals surface area contributed by atoms with Gasteiger partial charge in [-0.1, -0.05) is 36.7 Å². The molecule has 0 unspecified atom stereocenters. The summed E-state index contributed by atoms with van der Waals surface area (Å²) in [6, 6.07) is 12.5. The predicted molar refractivity (Wildman–Crippen MR) is 119 cm³/mol. The van der Waals surface area contributed by atoms with Gasteiger partial charge in [0.15, 0.2) is 0 Å². The van der Waals surface area contributed by atoms with E-state index in [9.17, 15) is 9.18 Å². The molecule has 7 heteroatoms. The van der Waals surface area contributed by atoms with Gasteiger partial charge in [0.05, 0.1) is 18.2 Å². The zero-order valence-corrected chi connectivity index (χ0v) is 18.4. The van der Waals surface area contributed by atoms with Crippen LogP contribution in [0.4, 0.5) is 4.39 Å².